The summed E-state index contributed by atoms with van der Waals surface area (Å²) in [7, 11) is 0. The summed E-state index contributed by atoms with van der Waals surface area (Å²) in [5, 5.41) is 3.88. The third-order valence-corrected chi connectivity index (χ3v) is 3.75. The molecule has 4 rings (SSSR count). The molecule has 6 nitrogen and oxygen atoms in total. The van der Waals surface area contributed by atoms with Crippen molar-refractivity contribution in [2.75, 3.05) is 11.1 Å². The van der Waals surface area contributed by atoms with Crippen molar-refractivity contribution in [1.29, 1.82) is 0 Å². The molecule has 0 spiro atoms. The molecule has 114 valence electrons. The molecule has 0 saturated carbocycles. The number of fused-ring (bicyclic) bond motifs is 2. The van der Waals surface area contributed by atoms with Gasteiger partial charge < -0.3 is 16.0 Å². The van der Waals surface area contributed by atoms with E-state index in [0.717, 1.165) is 16.6 Å². The lowest BCUT2D eigenvalue weighted by molar-refractivity contribution is 0.620. The number of hydrogen-bond acceptors (Lipinski definition) is 5. The number of nitrogens with zero attached hydrogens (tertiary/aromatic N) is 3. The number of rotatable bonds is 2. The van der Waals surface area contributed by atoms with Crippen molar-refractivity contribution < 1.29 is 4.39 Å². The van der Waals surface area contributed by atoms with Gasteiger partial charge in [-0.15, -0.1) is 0 Å². The first-order valence-corrected chi connectivity index (χ1v) is 7.03. The van der Waals surface area contributed by atoms with Gasteiger partial charge in [-0.1, -0.05) is 0 Å². The van der Waals surface area contributed by atoms with Crippen molar-refractivity contribution in [3.05, 3.63) is 48.2 Å². The van der Waals surface area contributed by atoms with Gasteiger partial charge in [0, 0.05) is 22.8 Å². The van der Waals surface area contributed by atoms with Gasteiger partial charge in [0.2, 0.25) is 5.95 Å². The Morgan fingerprint density at radius 3 is 2.91 bits per heavy atom. The molecule has 2 aromatic carbocycles. The fourth-order valence-corrected chi connectivity index (χ4v) is 2.55. The Morgan fingerprint density at radius 2 is 2.04 bits per heavy atom. The lowest BCUT2D eigenvalue weighted by Gasteiger charge is -2.08. The normalized spacial score (nSPS) is 11.2. The van der Waals surface area contributed by atoms with Crippen molar-refractivity contribution in [3.63, 3.8) is 0 Å². The lowest BCUT2D eigenvalue weighted by Crippen LogP contribution is -1.99. The monoisotopic (exact) mass is 308 g/mol. The van der Waals surface area contributed by atoms with Gasteiger partial charge in [-0.25, -0.2) is 19.3 Å². The van der Waals surface area contributed by atoms with Crippen LogP contribution < -0.4 is 11.1 Å². The first-order chi connectivity index (χ1) is 11.1. The number of aromatic nitrogens is 4. The molecule has 0 amide bonds. The van der Waals surface area contributed by atoms with Crippen LogP contribution in [0.2, 0.25) is 0 Å². The van der Waals surface area contributed by atoms with Crippen LogP contribution in [-0.4, -0.2) is 19.9 Å². The molecule has 0 bridgehead atoms. The van der Waals surface area contributed by atoms with Crippen LogP contribution in [-0.2, 0) is 0 Å². The number of aromatic amines is 1. The zero-order valence-corrected chi connectivity index (χ0v) is 12.3. The van der Waals surface area contributed by atoms with Crippen LogP contribution in [0.25, 0.3) is 21.9 Å². The quantitative estimate of drug-likeness (QED) is 0.494. The highest BCUT2D eigenvalue weighted by Gasteiger charge is 2.08. The number of nitrogens with two attached hydrogens (primary N) is 1. The summed E-state index contributed by atoms with van der Waals surface area (Å²) in [6.07, 6.45) is 3.25. The van der Waals surface area contributed by atoms with Crippen LogP contribution in [0.4, 0.5) is 21.7 Å². The van der Waals surface area contributed by atoms with Crippen molar-refractivity contribution >= 4 is 39.3 Å². The Balaban J connectivity index is 1.77. The average Bonchev–Trinajstić information content (AvgIpc) is 3.00. The summed E-state index contributed by atoms with van der Waals surface area (Å²) in [6, 6.07) is 6.71. The predicted octanol–water partition coefficient (Wildman–Crippen LogP) is 3.28. The van der Waals surface area contributed by atoms with E-state index >= 15 is 0 Å². The Bertz CT molecular complexity index is 1040. The standard InChI is InChI=1S/C16H13FN6/c1-8-11(17)3-2-9-6-19-16(23-14(8)9)22-10-4-12(18)15-13(5-10)20-7-21-15/h2-7H,18H2,1H3,(H,20,21)(H,19,22,23). The van der Waals surface area contributed by atoms with Gasteiger partial charge in [0.05, 0.1) is 23.0 Å². The van der Waals surface area contributed by atoms with Crippen LogP contribution in [0.1, 0.15) is 5.56 Å². The van der Waals surface area contributed by atoms with Gasteiger partial charge >= 0.3 is 0 Å². The second-order valence-electron chi connectivity index (χ2n) is 5.29. The zero-order valence-electron chi connectivity index (χ0n) is 12.3. The number of halogens is 1. The topological polar surface area (TPSA) is 92.5 Å². The second-order valence-corrected chi connectivity index (χ2v) is 5.29. The average molecular weight is 308 g/mol. The second kappa shape index (κ2) is 4.91. The summed E-state index contributed by atoms with van der Waals surface area (Å²) in [4.78, 5) is 15.8. The van der Waals surface area contributed by atoms with Gasteiger partial charge in [-0.3, -0.25) is 0 Å². The number of H-pyrrole nitrogens is 1. The molecular weight excluding hydrogens is 295 g/mol. The van der Waals surface area contributed by atoms with Gasteiger partial charge in [-0.2, -0.15) is 0 Å². The van der Waals surface area contributed by atoms with E-state index in [-0.39, 0.29) is 5.82 Å². The smallest absolute Gasteiger partial charge is 0.227 e. The highest BCUT2D eigenvalue weighted by Crippen LogP contribution is 2.26. The number of benzene rings is 2. The number of aryl methyl sites for hydroxylation is 1. The molecule has 0 aliphatic rings. The summed E-state index contributed by atoms with van der Waals surface area (Å²) in [5.41, 5.74) is 9.87. The van der Waals surface area contributed by atoms with Crippen LogP contribution >= 0.6 is 0 Å². The Kier molecular flexibility index (Phi) is 2.87. The van der Waals surface area contributed by atoms with E-state index in [1.54, 1.807) is 31.6 Å². The van der Waals surface area contributed by atoms with Gasteiger partial charge in [-0.05, 0) is 31.2 Å². The van der Waals surface area contributed by atoms with Crippen molar-refractivity contribution in [2.24, 2.45) is 0 Å². The summed E-state index contributed by atoms with van der Waals surface area (Å²) >= 11 is 0. The summed E-state index contributed by atoms with van der Waals surface area (Å²) in [6.45, 7) is 1.70. The molecule has 2 heterocycles. The SMILES string of the molecule is Cc1c(F)ccc2cnc(Nc3cc(N)c4nc[nH]c4c3)nc12. The first kappa shape index (κ1) is 13.4. The minimum absolute atomic E-state index is 0.287. The molecule has 0 atom stereocenters. The molecule has 0 unspecified atom stereocenters. The summed E-state index contributed by atoms with van der Waals surface area (Å²) < 4.78 is 13.7. The van der Waals surface area contributed by atoms with Crippen LogP contribution in [0.3, 0.4) is 0 Å². The third kappa shape index (κ3) is 2.22. The Hall–Kier alpha value is -3.22. The van der Waals surface area contributed by atoms with Gasteiger partial charge in [0.25, 0.3) is 0 Å². The molecule has 0 saturated heterocycles. The highest BCUT2D eigenvalue weighted by atomic mass is 19.1. The van der Waals surface area contributed by atoms with Crippen molar-refractivity contribution in [2.45, 2.75) is 6.92 Å². The minimum atomic E-state index is -0.287. The molecule has 23 heavy (non-hydrogen) atoms. The highest BCUT2D eigenvalue weighted by molar-refractivity contribution is 5.91. The predicted molar refractivity (Wildman–Crippen MR) is 88.0 cm³/mol. The first-order valence-electron chi connectivity index (χ1n) is 7.03. The fourth-order valence-electron chi connectivity index (χ4n) is 2.55. The molecule has 4 aromatic rings. The number of nitrogen functional groups attached to an aromatic ring is 1. The van der Waals surface area contributed by atoms with Crippen molar-refractivity contribution in [3.8, 4) is 0 Å². The van der Waals surface area contributed by atoms with Gasteiger partial charge in [0.15, 0.2) is 0 Å². The van der Waals surface area contributed by atoms with Crippen molar-refractivity contribution in [1.82, 2.24) is 19.9 Å². The van der Waals surface area contributed by atoms with E-state index in [9.17, 15) is 4.39 Å². The number of nitrogens with one attached hydrogen (secondary N) is 2. The lowest BCUT2D eigenvalue weighted by atomic mass is 10.1. The largest absolute Gasteiger partial charge is 0.397 e. The van der Waals surface area contributed by atoms with E-state index < -0.39 is 0 Å². The number of hydrogen-bond donors (Lipinski definition) is 3. The minimum Gasteiger partial charge on any atom is -0.397 e. The third-order valence-electron chi connectivity index (χ3n) is 3.75. The Labute approximate surface area is 130 Å². The van der Waals surface area contributed by atoms with E-state index in [0.29, 0.717) is 28.2 Å². The number of imidazole rings is 1. The molecule has 0 aliphatic heterocycles. The molecule has 0 aliphatic carbocycles. The molecule has 0 fully saturated rings. The van der Waals surface area contributed by atoms with E-state index in [1.165, 1.54) is 6.07 Å². The van der Waals surface area contributed by atoms with Gasteiger partial charge in [0.1, 0.15) is 11.3 Å². The molecule has 4 N–H and O–H groups in total. The molecule has 2 aromatic heterocycles. The molecule has 0 radical (unpaired) electrons. The van der Waals surface area contributed by atoms with E-state index in [2.05, 4.69) is 25.3 Å². The maximum Gasteiger partial charge on any atom is 0.227 e. The van der Waals surface area contributed by atoms with Crippen LogP contribution in [0.15, 0.2) is 36.8 Å². The Morgan fingerprint density at radius 1 is 1.17 bits per heavy atom. The van der Waals surface area contributed by atoms with Crippen LogP contribution in [0, 0.1) is 12.7 Å². The summed E-state index contributed by atoms with van der Waals surface area (Å²) in [5.74, 6) is 0.0924. The molecule has 7 heteroatoms. The molecular formula is C16H13FN6. The maximum absolute atomic E-state index is 13.7. The van der Waals surface area contributed by atoms with Crippen LogP contribution in [0.5, 0.6) is 0 Å². The number of anilines is 3. The maximum atomic E-state index is 13.7. The van der Waals surface area contributed by atoms with E-state index in [1.807, 2.05) is 6.07 Å². The van der Waals surface area contributed by atoms with E-state index in [4.69, 9.17) is 5.73 Å². The zero-order chi connectivity index (χ0) is 16.0. The fraction of sp³-hybridized carbons (Fsp3) is 0.0625.